The predicted molar refractivity (Wildman–Crippen MR) is 71.7 cm³/mol. The van der Waals surface area contributed by atoms with E-state index in [-0.39, 0.29) is 18.4 Å². The lowest BCUT2D eigenvalue weighted by atomic mass is 10.2. The molecule has 5 nitrogen and oxygen atoms in total. The third-order valence-corrected chi connectivity index (χ3v) is 2.93. The number of hydrogen-bond donors (Lipinski definition) is 1. The van der Waals surface area contributed by atoms with E-state index < -0.39 is 0 Å². The SMILES string of the molecule is COc1ccc(C(=O)NCC(=O)N(C)C)cc1Br. The molecular weight excluding hydrogens is 300 g/mol. The van der Waals surface area contributed by atoms with Gasteiger partial charge < -0.3 is 15.0 Å². The van der Waals surface area contributed by atoms with Crippen LogP contribution in [0.4, 0.5) is 0 Å². The molecule has 0 unspecified atom stereocenters. The van der Waals surface area contributed by atoms with E-state index in [1.54, 1.807) is 39.4 Å². The number of nitrogens with zero attached hydrogens (tertiary/aromatic N) is 1. The van der Waals surface area contributed by atoms with Crippen LogP contribution in [-0.2, 0) is 4.79 Å². The summed E-state index contributed by atoms with van der Waals surface area (Å²) >= 11 is 3.30. The van der Waals surface area contributed by atoms with Crippen LogP contribution in [0.25, 0.3) is 0 Å². The smallest absolute Gasteiger partial charge is 0.251 e. The summed E-state index contributed by atoms with van der Waals surface area (Å²) in [5.74, 6) is 0.195. The Labute approximate surface area is 114 Å². The van der Waals surface area contributed by atoms with Gasteiger partial charge in [-0.25, -0.2) is 0 Å². The number of amides is 2. The van der Waals surface area contributed by atoms with Gasteiger partial charge in [-0.05, 0) is 34.1 Å². The lowest BCUT2D eigenvalue weighted by molar-refractivity contribution is -0.127. The molecule has 0 bridgehead atoms. The number of carbonyl (C=O) groups excluding carboxylic acids is 2. The van der Waals surface area contributed by atoms with Crippen molar-refractivity contribution in [2.24, 2.45) is 0 Å². The zero-order chi connectivity index (χ0) is 13.7. The summed E-state index contributed by atoms with van der Waals surface area (Å²) in [5.41, 5.74) is 0.467. The monoisotopic (exact) mass is 314 g/mol. The van der Waals surface area contributed by atoms with Gasteiger partial charge in [0.25, 0.3) is 5.91 Å². The van der Waals surface area contributed by atoms with Crippen LogP contribution < -0.4 is 10.1 Å². The summed E-state index contributed by atoms with van der Waals surface area (Å²) in [6.07, 6.45) is 0. The quantitative estimate of drug-likeness (QED) is 0.910. The third kappa shape index (κ3) is 3.73. The van der Waals surface area contributed by atoms with Gasteiger partial charge in [-0.1, -0.05) is 0 Å². The van der Waals surface area contributed by atoms with E-state index in [1.165, 1.54) is 4.90 Å². The normalized spacial score (nSPS) is 9.78. The molecule has 0 heterocycles. The van der Waals surface area contributed by atoms with E-state index in [0.29, 0.717) is 15.8 Å². The van der Waals surface area contributed by atoms with Crippen molar-refractivity contribution in [3.05, 3.63) is 28.2 Å². The second-order valence-corrected chi connectivity index (χ2v) is 4.67. The molecule has 1 aromatic rings. The van der Waals surface area contributed by atoms with Gasteiger partial charge in [0.15, 0.2) is 0 Å². The van der Waals surface area contributed by atoms with Crippen molar-refractivity contribution < 1.29 is 14.3 Å². The highest BCUT2D eigenvalue weighted by molar-refractivity contribution is 9.10. The number of carbonyl (C=O) groups is 2. The molecule has 0 fully saturated rings. The van der Waals surface area contributed by atoms with Crippen LogP contribution >= 0.6 is 15.9 Å². The number of ether oxygens (including phenoxy) is 1. The Bertz CT molecular complexity index is 461. The summed E-state index contributed by atoms with van der Waals surface area (Å²) < 4.78 is 5.76. The molecule has 1 aromatic carbocycles. The Morgan fingerprint density at radius 3 is 2.56 bits per heavy atom. The van der Waals surface area contributed by atoms with E-state index in [1.807, 2.05) is 0 Å². The summed E-state index contributed by atoms with van der Waals surface area (Å²) in [7, 11) is 4.83. The maximum Gasteiger partial charge on any atom is 0.251 e. The van der Waals surface area contributed by atoms with Gasteiger partial charge in [-0.15, -0.1) is 0 Å². The van der Waals surface area contributed by atoms with Crippen molar-refractivity contribution in [2.75, 3.05) is 27.7 Å². The molecule has 0 atom stereocenters. The molecule has 0 spiro atoms. The number of benzene rings is 1. The molecule has 18 heavy (non-hydrogen) atoms. The molecule has 98 valence electrons. The molecule has 2 amide bonds. The first kappa shape index (κ1) is 14.5. The number of hydrogen-bond acceptors (Lipinski definition) is 3. The summed E-state index contributed by atoms with van der Waals surface area (Å²) in [6.45, 7) is -0.0184. The first-order valence-electron chi connectivity index (χ1n) is 5.27. The maximum atomic E-state index is 11.8. The fourth-order valence-electron chi connectivity index (χ4n) is 1.22. The fourth-order valence-corrected chi connectivity index (χ4v) is 1.76. The zero-order valence-electron chi connectivity index (χ0n) is 10.5. The highest BCUT2D eigenvalue weighted by Gasteiger charge is 2.11. The molecule has 6 heteroatoms. The molecule has 0 saturated carbocycles. The zero-order valence-corrected chi connectivity index (χ0v) is 12.1. The topological polar surface area (TPSA) is 58.6 Å². The fraction of sp³-hybridized carbons (Fsp3) is 0.333. The molecule has 0 radical (unpaired) electrons. The minimum absolute atomic E-state index is 0.0184. The van der Waals surface area contributed by atoms with Crippen molar-refractivity contribution in [2.45, 2.75) is 0 Å². The Balaban J connectivity index is 2.68. The van der Waals surface area contributed by atoms with Gasteiger partial charge in [0.1, 0.15) is 5.75 Å². The Morgan fingerprint density at radius 1 is 1.39 bits per heavy atom. The van der Waals surface area contributed by atoms with E-state index in [0.717, 1.165) is 0 Å². The Hall–Kier alpha value is -1.56. The maximum absolute atomic E-state index is 11.8. The van der Waals surface area contributed by atoms with E-state index in [2.05, 4.69) is 21.2 Å². The third-order valence-electron chi connectivity index (χ3n) is 2.31. The van der Waals surface area contributed by atoms with E-state index in [9.17, 15) is 9.59 Å². The van der Waals surface area contributed by atoms with Crippen LogP contribution in [0, 0.1) is 0 Å². The molecule has 0 aliphatic rings. The van der Waals surface area contributed by atoms with Crippen LogP contribution in [0.3, 0.4) is 0 Å². The molecule has 1 N–H and O–H groups in total. The van der Waals surface area contributed by atoms with Crippen molar-refractivity contribution >= 4 is 27.7 Å². The summed E-state index contributed by atoms with van der Waals surface area (Å²) in [6, 6.07) is 4.97. The lowest BCUT2D eigenvalue weighted by Crippen LogP contribution is -2.36. The van der Waals surface area contributed by atoms with Crippen LogP contribution in [-0.4, -0.2) is 44.5 Å². The van der Waals surface area contributed by atoms with Crippen molar-refractivity contribution in [1.29, 1.82) is 0 Å². The minimum atomic E-state index is -0.298. The lowest BCUT2D eigenvalue weighted by Gasteiger charge is -2.11. The molecule has 0 aromatic heterocycles. The van der Waals surface area contributed by atoms with Crippen molar-refractivity contribution in [1.82, 2.24) is 10.2 Å². The average Bonchev–Trinajstić information content (AvgIpc) is 2.35. The average molecular weight is 315 g/mol. The van der Waals surface area contributed by atoms with E-state index >= 15 is 0 Å². The number of likely N-dealkylation sites (N-methyl/N-ethyl adjacent to an activating group) is 1. The second kappa shape index (κ2) is 6.39. The van der Waals surface area contributed by atoms with Crippen LogP contribution in [0.1, 0.15) is 10.4 Å². The van der Waals surface area contributed by atoms with E-state index in [4.69, 9.17) is 4.74 Å². The first-order valence-corrected chi connectivity index (χ1v) is 6.07. The largest absolute Gasteiger partial charge is 0.496 e. The molecule has 1 rings (SSSR count). The van der Waals surface area contributed by atoms with Gasteiger partial charge in [-0.3, -0.25) is 9.59 Å². The van der Waals surface area contributed by atoms with Crippen molar-refractivity contribution in [3.63, 3.8) is 0 Å². The van der Waals surface area contributed by atoms with Gasteiger partial charge in [-0.2, -0.15) is 0 Å². The summed E-state index contributed by atoms with van der Waals surface area (Å²) in [5, 5.41) is 2.55. The second-order valence-electron chi connectivity index (χ2n) is 3.82. The summed E-state index contributed by atoms with van der Waals surface area (Å²) in [4.78, 5) is 24.5. The molecule has 0 aliphatic carbocycles. The number of methoxy groups -OCH3 is 1. The van der Waals surface area contributed by atoms with Gasteiger partial charge >= 0.3 is 0 Å². The van der Waals surface area contributed by atoms with Crippen LogP contribution in [0.2, 0.25) is 0 Å². The molecule has 0 aliphatic heterocycles. The molecular formula is C12H15BrN2O3. The Morgan fingerprint density at radius 2 is 2.06 bits per heavy atom. The predicted octanol–water partition coefficient (Wildman–Crippen LogP) is 1.28. The highest BCUT2D eigenvalue weighted by Crippen LogP contribution is 2.25. The standard InChI is InChI=1S/C12H15BrN2O3/c1-15(2)11(16)7-14-12(17)8-4-5-10(18-3)9(13)6-8/h4-6H,7H2,1-3H3,(H,14,17). The van der Waals surface area contributed by atoms with Crippen LogP contribution in [0.15, 0.2) is 22.7 Å². The van der Waals surface area contributed by atoms with Crippen LogP contribution in [0.5, 0.6) is 5.75 Å². The van der Waals surface area contributed by atoms with Gasteiger partial charge in [0, 0.05) is 19.7 Å². The minimum Gasteiger partial charge on any atom is -0.496 e. The highest BCUT2D eigenvalue weighted by atomic mass is 79.9. The first-order chi connectivity index (χ1) is 8.45. The number of nitrogens with one attached hydrogen (secondary N) is 1. The van der Waals surface area contributed by atoms with Gasteiger partial charge in [0.2, 0.25) is 5.91 Å². The number of halogens is 1. The Kier molecular flexibility index (Phi) is 5.15. The number of rotatable bonds is 4. The molecule has 0 saturated heterocycles. The van der Waals surface area contributed by atoms with Gasteiger partial charge in [0.05, 0.1) is 18.1 Å². The van der Waals surface area contributed by atoms with Crippen molar-refractivity contribution in [3.8, 4) is 5.75 Å².